The van der Waals surface area contributed by atoms with Crippen molar-refractivity contribution in [3.8, 4) is 0 Å². The summed E-state index contributed by atoms with van der Waals surface area (Å²) in [6.45, 7) is 10.5. The summed E-state index contributed by atoms with van der Waals surface area (Å²) >= 11 is 0. The number of hydrogen-bond donors (Lipinski definition) is 1. The van der Waals surface area contributed by atoms with Crippen molar-refractivity contribution in [2.24, 2.45) is 0 Å². The summed E-state index contributed by atoms with van der Waals surface area (Å²) in [5, 5.41) is 3.57. The normalized spacial score (nSPS) is 17.0. The molecule has 3 heteroatoms. The number of nitrogens with one attached hydrogen (secondary N) is 1. The Bertz CT molecular complexity index is 435. The van der Waals surface area contributed by atoms with E-state index in [2.05, 4.69) is 57.3 Å². The Kier molecular flexibility index (Phi) is 5.80. The molecular formula is C18H29NO2. The minimum atomic E-state index is -0.103. The molecule has 21 heavy (non-hydrogen) atoms. The van der Waals surface area contributed by atoms with Gasteiger partial charge in [-0.1, -0.05) is 24.3 Å². The first-order valence-electron chi connectivity index (χ1n) is 8.00. The number of rotatable bonds is 8. The fourth-order valence-electron chi connectivity index (χ4n) is 2.31. The van der Waals surface area contributed by atoms with Crippen LogP contribution in [0.25, 0.3) is 0 Å². The number of hydrogen-bond acceptors (Lipinski definition) is 3. The first-order valence-corrected chi connectivity index (χ1v) is 8.00. The fraction of sp³-hybridized carbons (Fsp3) is 0.667. The van der Waals surface area contributed by atoms with Crippen LogP contribution in [0, 0.1) is 6.92 Å². The highest BCUT2D eigenvalue weighted by atomic mass is 16.5. The zero-order chi connectivity index (χ0) is 15.3. The monoisotopic (exact) mass is 291 g/mol. The van der Waals surface area contributed by atoms with Gasteiger partial charge in [-0.3, -0.25) is 0 Å². The van der Waals surface area contributed by atoms with Crippen LogP contribution in [0.2, 0.25) is 0 Å². The van der Waals surface area contributed by atoms with Gasteiger partial charge in [0, 0.05) is 12.6 Å². The summed E-state index contributed by atoms with van der Waals surface area (Å²) in [5.41, 5.74) is 2.46. The Labute approximate surface area is 129 Å². The van der Waals surface area contributed by atoms with Gasteiger partial charge in [0.1, 0.15) is 0 Å². The van der Waals surface area contributed by atoms with Crippen molar-refractivity contribution in [2.45, 2.75) is 58.3 Å². The lowest BCUT2D eigenvalue weighted by Crippen LogP contribution is -2.27. The van der Waals surface area contributed by atoms with E-state index in [-0.39, 0.29) is 11.7 Å². The molecule has 118 valence electrons. The average Bonchev–Trinajstić information content (AvgIpc) is 3.22. The largest absolute Gasteiger partial charge is 0.373 e. The number of aryl methyl sites for hydroxylation is 1. The smallest absolute Gasteiger partial charge is 0.0953 e. The van der Waals surface area contributed by atoms with Crippen LogP contribution in [0.3, 0.4) is 0 Å². The van der Waals surface area contributed by atoms with Gasteiger partial charge in [0.05, 0.1) is 24.9 Å². The molecule has 0 bridgehead atoms. The average molecular weight is 291 g/mol. The van der Waals surface area contributed by atoms with Crippen LogP contribution in [0.4, 0.5) is 0 Å². The Morgan fingerprint density at radius 2 is 1.90 bits per heavy atom. The molecule has 1 unspecified atom stereocenters. The van der Waals surface area contributed by atoms with Gasteiger partial charge in [-0.05, 0) is 51.7 Å². The second-order valence-electron chi connectivity index (χ2n) is 6.86. The fourth-order valence-corrected chi connectivity index (χ4v) is 2.31. The molecule has 1 N–H and O–H groups in total. The molecule has 1 aliphatic carbocycles. The van der Waals surface area contributed by atoms with Crippen molar-refractivity contribution < 1.29 is 9.47 Å². The Balaban J connectivity index is 1.87. The van der Waals surface area contributed by atoms with Crippen molar-refractivity contribution >= 4 is 0 Å². The molecule has 1 atom stereocenters. The van der Waals surface area contributed by atoms with Crippen LogP contribution in [0.5, 0.6) is 0 Å². The minimum absolute atomic E-state index is 0.103. The van der Waals surface area contributed by atoms with Gasteiger partial charge in [-0.15, -0.1) is 0 Å². The van der Waals surface area contributed by atoms with Crippen LogP contribution in [0.1, 0.15) is 50.8 Å². The van der Waals surface area contributed by atoms with Crippen molar-refractivity contribution in [2.75, 3.05) is 19.8 Å². The molecule has 0 spiro atoms. The van der Waals surface area contributed by atoms with E-state index in [9.17, 15) is 0 Å². The zero-order valence-electron chi connectivity index (χ0n) is 13.8. The Morgan fingerprint density at radius 1 is 1.19 bits per heavy atom. The summed E-state index contributed by atoms with van der Waals surface area (Å²) in [4.78, 5) is 0. The van der Waals surface area contributed by atoms with E-state index < -0.39 is 0 Å². The van der Waals surface area contributed by atoms with E-state index in [0.717, 1.165) is 6.54 Å². The molecule has 0 aliphatic heterocycles. The van der Waals surface area contributed by atoms with Crippen LogP contribution in [-0.2, 0) is 9.47 Å². The molecule has 2 rings (SSSR count). The van der Waals surface area contributed by atoms with E-state index in [4.69, 9.17) is 9.47 Å². The van der Waals surface area contributed by atoms with E-state index in [0.29, 0.717) is 19.3 Å². The molecule has 3 nitrogen and oxygen atoms in total. The molecule has 1 fully saturated rings. The van der Waals surface area contributed by atoms with Crippen LogP contribution in [-0.4, -0.2) is 31.4 Å². The quantitative estimate of drug-likeness (QED) is 0.742. The van der Waals surface area contributed by atoms with Gasteiger partial charge in [0.2, 0.25) is 0 Å². The molecule has 0 aromatic heterocycles. The van der Waals surface area contributed by atoms with E-state index in [1.54, 1.807) is 0 Å². The summed E-state index contributed by atoms with van der Waals surface area (Å²) in [6, 6.07) is 9.17. The lowest BCUT2D eigenvalue weighted by Gasteiger charge is -2.23. The van der Waals surface area contributed by atoms with Crippen LogP contribution < -0.4 is 5.32 Å². The highest BCUT2D eigenvalue weighted by molar-refractivity contribution is 5.28. The van der Waals surface area contributed by atoms with Gasteiger partial charge in [0.15, 0.2) is 0 Å². The van der Waals surface area contributed by atoms with Gasteiger partial charge < -0.3 is 14.8 Å². The summed E-state index contributed by atoms with van der Waals surface area (Å²) in [5.74, 6) is 0. The molecule has 0 heterocycles. The molecule has 1 aromatic carbocycles. The molecule has 0 radical (unpaired) electrons. The zero-order valence-corrected chi connectivity index (χ0v) is 13.8. The molecule has 1 saturated carbocycles. The predicted octanol–water partition coefficient (Wildman–Crippen LogP) is 3.62. The Morgan fingerprint density at radius 3 is 2.52 bits per heavy atom. The lowest BCUT2D eigenvalue weighted by molar-refractivity contribution is -0.0520. The molecule has 1 aliphatic rings. The minimum Gasteiger partial charge on any atom is -0.373 e. The Hall–Kier alpha value is -0.900. The third-order valence-corrected chi connectivity index (χ3v) is 3.64. The second-order valence-corrected chi connectivity index (χ2v) is 6.86. The summed E-state index contributed by atoms with van der Waals surface area (Å²) in [6.07, 6.45) is 2.71. The topological polar surface area (TPSA) is 30.5 Å². The third kappa shape index (κ3) is 6.16. The van der Waals surface area contributed by atoms with Crippen LogP contribution in [0.15, 0.2) is 24.3 Å². The molecule has 0 amide bonds. The van der Waals surface area contributed by atoms with Crippen molar-refractivity contribution in [1.29, 1.82) is 0 Å². The first-order chi connectivity index (χ1) is 9.96. The highest BCUT2D eigenvalue weighted by Crippen LogP contribution is 2.24. The molecule has 0 saturated heterocycles. The van der Waals surface area contributed by atoms with E-state index in [1.807, 2.05) is 0 Å². The van der Waals surface area contributed by atoms with Gasteiger partial charge >= 0.3 is 0 Å². The van der Waals surface area contributed by atoms with Gasteiger partial charge in [-0.25, -0.2) is 0 Å². The second kappa shape index (κ2) is 7.39. The summed E-state index contributed by atoms with van der Waals surface area (Å²) < 4.78 is 11.8. The van der Waals surface area contributed by atoms with Gasteiger partial charge in [0.25, 0.3) is 0 Å². The first kappa shape index (κ1) is 16.5. The number of ether oxygens (including phenoxy) is 2. The lowest BCUT2D eigenvalue weighted by atomic mass is 10.0. The van der Waals surface area contributed by atoms with Crippen molar-refractivity contribution in [1.82, 2.24) is 5.32 Å². The van der Waals surface area contributed by atoms with Crippen LogP contribution >= 0.6 is 0 Å². The standard InChI is InChI=1S/C18H29NO2/c1-14-7-5-6-8-16(14)17(13-19-15-9-10-15)20-11-12-21-18(2,3)4/h5-8,15,17,19H,9-13H2,1-4H3. The van der Waals surface area contributed by atoms with Crippen molar-refractivity contribution in [3.63, 3.8) is 0 Å². The molecule has 1 aromatic rings. The maximum atomic E-state index is 6.10. The maximum Gasteiger partial charge on any atom is 0.0953 e. The SMILES string of the molecule is Cc1ccccc1C(CNC1CC1)OCCOC(C)(C)C. The maximum absolute atomic E-state index is 6.10. The van der Waals surface area contributed by atoms with Crippen molar-refractivity contribution in [3.05, 3.63) is 35.4 Å². The summed E-state index contributed by atoms with van der Waals surface area (Å²) in [7, 11) is 0. The highest BCUT2D eigenvalue weighted by Gasteiger charge is 2.23. The van der Waals surface area contributed by atoms with E-state index in [1.165, 1.54) is 24.0 Å². The van der Waals surface area contributed by atoms with E-state index >= 15 is 0 Å². The number of benzene rings is 1. The predicted molar refractivity (Wildman–Crippen MR) is 86.6 cm³/mol. The van der Waals surface area contributed by atoms with Gasteiger partial charge in [-0.2, -0.15) is 0 Å². The third-order valence-electron chi connectivity index (χ3n) is 3.64. The molecular weight excluding hydrogens is 262 g/mol.